The van der Waals surface area contributed by atoms with E-state index in [1.54, 1.807) is 28.0 Å². The summed E-state index contributed by atoms with van der Waals surface area (Å²) in [5.74, 6) is 1.13. The topological polar surface area (TPSA) is 43.6 Å². The van der Waals surface area contributed by atoms with Crippen molar-refractivity contribution in [3.63, 3.8) is 0 Å². The average molecular weight is 790 g/mol. The molecule has 0 fully saturated rings. The van der Waals surface area contributed by atoms with Gasteiger partial charge in [-0.1, -0.05) is 158 Å². The van der Waals surface area contributed by atoms with Gasteiger partial charge in [0, 0.05) is 47.6 Å². The van der Waals surface area contributed by atoms with Crippen molar-refractivity contribution in [2.24, 2.45) is 0 Å². The van der Waals surface area contributed by atoms with Crippen molar-refractivity contribution in [2.45, 2.75) is 0 Å². The van der Waals surface area contributed by atoms with Crippen LogP contribution in [0.15, 0.2) is 206 Å². The van der Waals surface area contributed by atoms with E-state index >= 15 is 0 Å². The van der Waals surface area contributed by atoms with E-state index in [4.69, 9.17) is 23.2 Å². The summed E-state index contributed by atoms with van der Waals surface area (Å²) in [6.07, 6.45) is 0. The van der Waals surface area contributed by atoms with Crippen LogP contribution in [0.25, 0.3) is 115 Å². The first-order chi connectivity index (χ1) is 32.6. The quantitative estimate of drug-likeness (QED) is 0.168. The summed E-state index contributed by atoms with van der Waals surface area (Å²) in [7, 11) is 0. The molecule has 0 aliphatic rings. The second-order valence-electron chi connectivity index (χ2n) is 14.7. The van der Waals surface area contributed by atoms with Gasteiger partial charge in [-0.3, -0.25) is 0 Å². The minimum Gasteiger partial charge on any atom is -0.309 e. The van der Waals surface area contributed by atoms with Crippen LogP contribution in [0.3, 0.4) is 0 Å². The molecule has 0 aliphatic carbocycles. The van der Waals surface area contributed by atoms with Gasteiger partial charge in [0.15, 0.2) is 17.5 Å². The molecule has 0 spiro atoms. The number of hydrogen-bond donors (Lipinski definition) is 0. The number of fused-ring (bicyclic) bond motifs is 7. The van der Waals surface area contributed by atoms with E-state index in [0.29, 0.717) is 28.7 Å². The fraction of sp³-hybridized carbons (Fsp3) is 0. The van der Waals surface area contributed by atoms with Gasteiger partial charge in [-0.15, -0.1) is 11.3 Å². The third-order valence-corrected chi connectivity index (χ3v) is 12.4. The maximum atomic E-state index is 9.17. The Labute approximate surface area is 360 Å². The first kappa shape index (κ1) is 27.8. The molecule has 0 atom stereocenters. The second-order valence-corrected chi connectivity index (χ2v) is 15.7. The van der Waals surface area contributed by atoms with Crippen LogP contribution >= 0.6 is 11.3 Å². The van der Waals surface area contributed by atoms with Gasteiger partial charge in [-0.2, -0.15) is 0 Å². The van der Waals surface area contributed by atoms with Crippen LogP contribution in [-0.2, 0) is 0 Å². The fourth-order valence-corrected chi connectivity index (χ4v) is 9.53. The SMILES string of the molecule is [2H]c1cc([2H])c2c(c1[2H])c1c([2H])c([2H])c([2H])c([2H])c1n2-c1ccccc1-c1nc(-c2cccc(-c3cccc4c3sc3ccc(-c5ccccc5)cc34)c2)nc(-c2ccc3ccccc3c2)n1. The van der Waals surface area contributed by atoms with Gasteiger partial charge >= 0.3 is 0 Å². The summed E-state index contributed by atoms with van der Waals surface area (Å²) in [5.41, 5.74) is 7.14. The second kappa shape index (κ2) is 14.0. The van der Waals surface area contributed by atoms with Gasteiger partial charge in [0.05, 0.1) is 26.3 Å². The molecule has 3 heterocycles. The van der Waals surface area contributed by atoms with Crippen molar-refractivity contribution in [2.75, 3.05) is 0 Å². The average Bonchev–Trinajstić information content (AvgIpc) is 3.94. The van der Waals surface area contributed by atoms with Gasteiger partial charge in [-0.25, -0.2) is 15.0 Å². The Bertz CT molecular complexity index is 4030. The van der Waals surface area contributed by atoms with Gasteiger partial charge in [0.25, 0.3) is 0 Å². The summed E-state index contributed by atoms with van der Waals surface area (Å²) in [4.78, 5) is 15.5. The summed E-state index contributed by atoms with van der Waals surface area (Å²) >= 11 is 1.77. The lowest BCUT2D eigenvalue weighted by molar-refractivity contribution is 1.06. The van der Waals surface area contributed by atoms with Crippen LogP contribution in [0.1, 0.15) is 9.60 Å². The van der Waals surface area contributed by atoms with Crippen molar-refractivity contribution >= 4 is 64.1 Å². The Balaban J connectivity index is 1.08. The normalized spacial score (nSPS) is 13.3. The highest BCUT2D eigenvalue weighted by atomic mass is 32.1. The Morgan fingerprint density at radius 1 is 0.400 bits per heavy atom. The smallest absolute Gasteiger partial charge is 0.166 e. The van der Waals surface area contributed by atoms with Crippen LogP contribution in [0.2, 0.25) is 0 Å². The Hall–Kier alpha value is -7.73. The molecule has 5 heteroatoms. The standard InChI is InChI=1S/C55H34N4S/c1-2-14-35(15-3-1)38-30-31-51-47(34-38)45-24-13-23-42(52(45)60-51)39-18-12-19-40(33-39)53-56-54(41-29-28-36-16-4-5-17-37(36)32-41)58-55(57-53)46-22-8-11-27-50(46)59-48-25-9-6-20-43(48)44-21-7-10-26-49(44)59/h1-34H/i6D,7D,9D,20D,21D,25D,26D. The highest BCUT2D eigenvalue weighted by Gasteiger charge is 2.20. The lowest BCUT2D eigenvalue weighted by Gasteiger charge is -2.15. The van der Waals surface area contributed by atoms with Gasteiger partial charge < -0.3 is 4.57 Å². The summed E-state index contributed by atoms with van der Waals surface area (Å²) in [6.45, 7) is 0. The summed E-state index contributed by atoms with van der Waals surface area (Å²) in [5, 5.41) is 4.64. The number of hydrogen-bond acceptors (Lipinski definition) is 4. The molecule has 0 bridgehead atoms. The van der Waals surface area contributed by atoms with Crippen molar-refractivity contribution in [1.82, 2.24) is 19.5 Å². The fourth-order valence-electron chi connectivity index (χ4n) is 8.31. The lowest BCUT2D eigenvalue weighted by atomic mass is 9.99. The van der Waals surface area contributed by atoms with E-state index in [9.17, 15) is 1.37 Å². The molecule has 0 saturated heterocycles. The molecule has 0 aliphatic heterocycles. The maximum absolute atomic E-state index is 9.17. The van der Waals surface area contributed by atoms with E-state index in [-0.39, 0.29) is 52.0 Å². The largest absolute Gasteiger partial charge is 0.309 e. The molecule has 0 unspecified atom stereocenters. The molecule has 0 radical (unpaired) electrons. The highest BCUT2D eigenvalue weighted by Crippen LogP contribution is 2.42. The molecule has 60 heavy (non-hydrogen) atoms. The molecule has 0 N–H and O–H groups in total. The van der Waals surface area contributed by atoms with Crippen LogP contribution < -0.4 is 0 Å². The minimum atomic E-state index is -0.462. The molecule has 9 aromatic carbocycles. The molecular formula is C55H34N4S. The number of thiophene rings is 1. The zero-order chi connectivity index (χ0) is 45.7. The van der Waals surface area contributed by atoms with E-state index in [1.807, 2.05) is 60.7 Å². The zero-order valence-electron chi connectivity index (χ0n) is 38.8. The highest BCUT2D eigenvalue weighted by molar-refractivity contribution is 7.26. The van der Waals surface area contributed by atoms with E-state index in [0.717, 1.165) is 33.0 Å². The van der Waals surface area contributed by atoms with Crippen molar-refractivity contribution in [1.29, 1.82) is 0 Å². The number of aromatic nitrogens is 4. The first-order valence-electron chi connectivity index (χ1n) is 23.1. The molecule has 0 amide bonds. The first-order valence-corrected chi connectivity index (χ1v) is 20.4. The minimum absolute atomic E-state index is 0.0682. The molecule has 12 aromatic rings. The van der Waals surface area contributed by atoms with E-state index < -0.39 is 12.1 Å². The van der Waals surface area contributed by atoms with Crippen LogP contribution in [0, 0.1) is 0 Å². The number of benzene rings is 9. The molecule has 0 saturated carbocycles. The Morgan fingerprint density at radius 3 is 1.97 bits per heavy atom. The van der Waals surface area contributed by atoms with Gasteiger partial charge in [0.1, 0.15) is 0 Å². The predicted octanol–water partition coefficient (Wildman–Crippen LogP) is 14.8. The summed E-state index contributed by atoms with van der Waals surface area (Å²) in [6, 6.07) is 52.3. The zero-order valence-corrected chi connectivity index (χ0v) is 32.6. The third kappa shape index (κ3) is 5.70. The Morgan fingerprint density at radius 2 is 1.07 bits per heavy atom. The predicted molar refractivity (Wildman–Crippen MR) is 252 cm³/mol. The van der Waals surface area contributed by atoms with Crippen LogP contribution in [-0.4, -0.2) is 19.5 Å². The van der Waals surface area contributed by atoms with Crippen molar-refractivity contribution in [3.05, 3.63) is 206 Å². The molecule has 280 valence electrons. The molecule has 12 rings (SSSR count). The number of para-hydroxylation sites is 3. The summed E-state index contributed by atoms with van der Waals surface area (Å²) < 4.78 is 66.0. The lowest BCUT2D eigenvalue weighted by Crippen LogP contribution is -2.03. The van der Waals surface area contributed by atoms with Crippen LogP contribution in [0.4, 0.5) is 0 Å². The van der Waals surface area contributed by atoms with E-state index in [1.165, 1.54) is 37.4 Å². The molecule has 3 aromatic heterocycles. The number of rotatable bonds is 6. The molecular weight excluding hydrogens is 749 g/mol. The van der Waals surface area contributed by atoms with Gasteiger partial charge in [0.2, 0.25) is 0 Å². The van der Waals surface area contributed by atoms with Crippen molar-refractivity contribution in [3.8, 4) is 62.1 Å². The Kier molecular flexibility index (Phi) is 6.48. The number of nitrogens with zero attached hydrogens (tertiary/aromatic N) is 4. The monoisotopic (exact) mass is 789 g/mol. The van der Waals surface area contributed by atoms with E-state index in [2.05, 4.69) is 84.9 Å². The van der Waals surface area contributed by atoms with Crippen molar-refractivity contribution < 1.29 is 9.60 Å². The molecule has 4 nitrogen and oxygen atoms in total. The third-order valence-electron chi connectivity index (χ3n) is 11.1. The van der Waals surface area contributed by atoms with Crippen LogP contribution in [0.5, 0.6) is 0 Å². The maximum Gasteiger partial charge on any atom is 0.166 e. The van der Waals surface area contributed by atoms with Gasteiger partial charge in [-0.05, 0) is 81.5 Å².